The second-order valence-electron chi connectivity index (χ2n) is 2.96. The topological polar surface area (TPSA) is 9.23 Å². The lowest BCUT2D eigenvalue weighted by molar-refractivity contribution is 0.413. The first-order valence-electron chi connectivity index (χ1n) is 3.96. The van der Waals surface area contributed by atoms with Crippen LogP contribution >= 0.6 is 0 Å². The van der Waals surface area contributed by atoms with Crippen molar-refractivity contribution in [3.05, 3.63) is 29.8 Å². The molecule has 0 heterocycles. The van der Waals surface area contributed by atoms with E-state index in [9.17, 15) is 0 Å². The molecule has 1 saturated carbocycles. The van der Waals surface area contributed by atoms with Crippen LogP contribution in [0.1, 0.15) is 24.3 Å². The van der Waals surface area contributed by atoms with Crippen molar-refractivity contribution in [1.82, 2.24) is 0 Å². The highest BCUT2D eigenvalue weighted by molar-refractivity contribution is 5.30. The van der Waals surface area contributed by atoms with Crippen molar-refractivity contribution < 1.29 is 4.74 Å². The maximum absolute atomic E-state index is 5.01. The van der Waals surface area contributed by atoms with Gasteiger partial charge in [0.05, 0.1) is 7.11 Å². The molecule has 2 rings (SSSR count). The largest absolute Gasteiger partial charge is 0.496 e. The SMILES string of the molecule is COc1[c]cc(C2CC2)cc1. The smallest absolute Gasteiger partial charge is 0.126 e. The Hall–Kier alpha value is -0.980. The third-order valence-corrected chi connectivity index (χ3v) is 2.08. The van der Waals surface area contributed by atoms with Gasteiger partial charge in [0.2, 0.25) is 0 Å². The highest BCUT2D eigenvalue weighted by Crippen LogP contribution is 2.40. The Morgan fingerprint density at radius 3 is 2.73 bits per heavy atom. The Bertz CT molecular complexity index is 234. The molecule has 0 N–H and O–H groups in total. The zero-order valence-corrected chi connectivity index (χ0v) is 6.63. The van der Waals surface area contributed by atoms with Gasteiger partial charge in [-0.2, -0.15) is 0 Å². The van der Waals surface area contributed by atoms with Crippen LogP contribution in [0, 0.1) is 6.07 Å². The van der Waals surface area contributed by atoms with Crippen LogP contribution in [0.3, 0.4) is 0 Å². The van der Waals surface area contributed by atoms with Gasteiger partial charge in [0.25, 0.3) is 0 Å². The Morgan fingerprint density at radius 2 is 2.27 bits per heavy atom. The molecular formula is C10H11O. The molecular weight excluding hydrogens is 136 g/mol. The Kier molecular flexibility index (Phi) is 1.57. The average Bonchev–Trinajstić information content (AvgIpc) is 2.87. The monoisotopic (exact) mass is 147 g/mol. The molecule has 1 aliphatic rings. The van der Waals surface area contributed by atoms with E-state index in [1.807, 2.05) is 12.1 Å². The minimum absolute atomic E-state index is 0.817. The Morgan fingerprint density at radius 1 is 1.45 bits per heavy atom. The number of hydrogen-bond acceptors (Lipinski definition) is 1. The van der Waals surface area contributed by atoms with Crippen LogP contribution in [0.4, 0.5) is 0 Å². The van der Waals surface area contributed by atoms with Crippen molar-refractivity contribution in [2.45, 2.75) is 18.8 Å². The zero-order chi connectivity index (χ0) is 7.68. The summed E-state index contributed by atoms with van der Waals surface area (Å²) >= 11 is 0. The third kappa shape index (κ3) is 1.37. The molecule has 1 aliphatic carbocycles. The minimum atomic E-state index is 0.817. The Labute approximate surface area is 67.0 Å². The lowest BCUT2D eigenvalue weighted by atomic mass is 10.1. The molecule has 0 aromatic heterocycles. The second-order valence-corrected chi connectivity index (χ2v) is 2.96. The second kappa shape index (κ2) is 2.57. The highest BCUT2D eigenvalue weighted by atomic mass is 16.5. The van der Waals surface area contributed by atoms with Crippen molar-refractivity contribution in [2.75, 3.05) is 7.11 Å². The van der Waals surface area contributed by atoms with Gasteiger partial charge in [-0.3, -0.25) is 0 Å². The number of methoxy groups -OCH3 is 1. The first-order chi connectivity index (χ1) is 5.40. The van der Waals surface area contributed by atoms with E-state index in [1.54, 1.807) is 7.11 Å². The molecule has 0 spiro atoms. The predicted octanol–water partition coefficient (Wildman–Crippen LogP) is 2.37. The molecule has 1 heteroatoms. The van der Waals surface area contributed by atoms with E-state index in [1.165, 1.54) is 18.4 Å². The summed E-state index contributed by atoms with van der Waals surface area (Å²) in [4.78, 5) is 0. The van der Waals surface area contributed by atoms with Crippen molar-refractivity contribution in [1.29, 1.82) is 0 Å². The van der Waals surface area contributed by atoms with E-state index < -0.39 is 0 Å². The minimum Gasteiger partial charge on any atom is -0.496 e. The van der Waals surface area contributed by atoms with Gasteiger partial charge in [0.1, 0.15) is 5.75 Å². The standard InChI is InChI=1S/C10H11O/c1-11-10-6-4-9(5-7-10)8-2-3-8/h4-6,8H,2-3H2,1H3. The first kappa shape index (κ1) is 6.71. The molecule has 11 heavy (non-hydrogen) atoms. The zero-order valence-electron chi connectivity index (χ0n) is 6.63. The van der Waals surface area contributed by atoms with Crippen molar-refractivity contribution in [3.63, 3.8) is 0 Å². The molecule has 57 valence electrons. The summed E-state index contributed by atoms with van der Waals surface area (Å²) in [6, 6.07) is 9.24. The van der Waals surface area contributed by atoms with Gasteiger partial charge in [-0.1, -0.05) is 6.07 Å². The number of hydrogen-bond donors (Lipinski definition) is 0. The van der Waals surface area contributed by atoms with Crippen LogP contribution in [0.5, 0.6) is 5.75 Å². The van der Waals surface area contributed by atoms with Gasteiger partial charge in [0.15, 0.2) is 0 Å². The van der Waals surface area contributed by atoms with Crippen LogP contribution in [0.2, 0.25) is 0 Å². The Balaban J connectivity index is 2.19. The summed E-state index contributed by atoms with van der Waals surface area (Å²) in [6.07, 6.45) is 2.69. The predicted molar refractivity (Wildman–Crippen MR) is 43.8 cm³/mol. The fourth-order valence-electron chi connectivity index (χ4n) is 1.22. The summed E-state index contributed by atoms with van der Waals surface area (Å²) < 4.78 is 5.01. The van der Waals surface area contributed by atoms with Crippen molar-refractivity contribution >= 4 is 0 Å². The van der Waals surface area contributed by atoms with Gasteiger partial charge in [-0.25, -0.2) is 0 Å². The van der Waals surface area contributed by atoms with Gasteiger partial charge in [0, 0.05) is 6.07 Å². The van der Waals surface area contributed by atoms with Gasteiger partial charge < -0.3 is 4.74 Å². The summed E-state index contributed by atoms with van der Waals surface area (Å²) in [7, 11) is 1.67. The van der Waals surface area contributed by atoms with E-state index in [-0.39, 0.29) is 0 Å². The molecule has 0 atom stereocenters. The van der Waals surface area contributed by atoms with Crippen molar-refractivity contribution in [3.8, 4) is 5.75 Å². The van der Waals surface area contributed by atoms with Gasteiger partial charge >= 0.3 is 0 Å². The number of benzene rings is 1. The maximum atomic E-state index is 5.01. The molecule has 1 aromatic rings. The van der Waals surface area contributed by atoms with Crippen LogP contribution < -0.4 is 4.74 Å². The molecule has 1 nitrogen and oxygen atoms in total. The molecule has 0 bridgehead atoms. The maximum Gasteiger partial charge on any atom is 0.126 e. The van der Waals surface area contributed by atoms with Crippen molar-refractivity contribution in [2.24, 2.45) is 0 Å². The van der Waals surface area contributed by atoms with E-state index in [2.05, 4.69) is 12.1 Å². The van der Waals surface area contributed by atoms with Crippen LogP contribution in [-0.2, 0) is 0 Å². The molecule has 0 unspecified atom stereocenters. The lowest BCUT2D eigenvalue weighted by Gasteiger charge is -1.99. The fourth-order valence-corrected chi connectivity index (χ4v) is 1.22. The molecule has 1 radical (unpaired) electrons. The molecule has 1 fully saturated rings. The van der Waals surface area contributed by atoms with E-state index in [4.69, 9.17) is 4.74 Å². The van der Waals surface area contributed by atoms with E-state index >= 15 is 0 Å². The van der Waals surface area contributed by atoms with Gasteiger partial charge in [-0.15, -0.1) is 0 Å². The summed E-state index contributed by atoms with van der Waals surface area (Å²) in [5, 5.41) is 0. The quantitative estimate of drug-likeness (QED) is 0.624. The summed E-state index contributed by atoms with van der Waals surface area (Å²) in [6.45, 7) is 0. The number of ether oxygens (including phenoxy) is 1. The summed E-state index contributed by atoms with van der Waals surface area (Å²) in [5.74, 6) is 1.64. The van der Waals surface area contributed by atoms with Crippen LogP contribution in [0.25, 0.3) is 0 Å². The van der Waals surface area contributed by atoms with E-state index in [0.717, 1.165) is 11.7 Å². The average molecular weight is 147 g/mol. The molecule has 1 aromatic carbocycles. The lowest BCUT2D eigenvalue weighted by Crippen LogP contribution is -1.83. The molecule has 0 amide bonds. The number of rotatable bonds is 2. The first-order valence-corrected chi connectivity index (χ1v) is 3.96. The van der Waals surface area contributed by atoms with Gasteiger partial charge in [-0.05, 0) is 36.5 Å². The summed E-state index contributed by atoms with van der Waals surface area (Å²) in [5.41, 5.74) is 1.41. The van der Waals surface area contributed by atoms with Crippen LogP contribution in [-0.4, -0.2) is 7.11 Å². The third-order valence-electron chi connectivity index (χ3n) is 2.08. The van der Waals surface area contributed by atoms with E-state index in [0.29, 0.717) is 0 Å². The van der Waals surface area contributed by atoms with Crippen LogP contribution in [0.15, 0.2) is 18.2 Å². The molecule has 0 saturated heterocycles. The normalized spacial score (nSPS) is 16.5. The molecule has 0 aliphatic heterocycles. The highest BCUT2D eigenvalue weighted by Gasteiger charge is 2.22. The fraction of sp³-hybridized carbons (Fsp3) is 0.400.